The first kappa shape index (κ1) is 12.8. The molecule has 0 saturated carbocycles. The lowest BCUT2D eigenvalue weighted by Gasteiger charge is -2.13. The summed E-state index contributed by atoms with van der Waals surface area (Å²) in [5, 5.41) is 0. The molecule has 1 rings (SSSR count). The predicted molar refractivity (Wildman–Crippen MR) is 42.0 cm³/mol. The Bertz CT molecular complexity index is 387. The zero-order valence-corrected chi connectivity index (χ0v) is 7.65. The van der Waals surface area contributed by atoms with Crippen LogP contribution in [0.3, 0.4) is 0 Å². The normalized spacial score (nSPS) is 12.2. The second-order valence-electron chi connectivity index (χ2n) is 2.87. The van der Waals surface area contributed by atoms with E-state index in [1.165, 1.54) is 0 Å². The quantitative estimate of drug-likeness (QED) is 0.641. The Morgan fingerprint density at radius 2 is 1.88 bits per heavy atom. The molecule has 0 amide bonds. The Balaban J connectivity index is 3.41. The molecule has 0 fully saturated rings. The third kappa shape index (κ3) is 2.43. The molecule has 1 aromatic rings. The molecular formula is C8H6F6N2. The van der Waals surface area contributed by atoms with Gasteiger partial charge in [-0.1, -0.05) is 0 Å². The summed E-state index contributed by atoms with van der Waals surface area (Å²) < 4.78 is 74.1. The summed E-state index contributed by atoms with van der Waals surface area (Å²) in [6, 6.07) is 0.455. The summed E-state index contributed by atoms with van der Waals surface area (Å²) in [6.45, 7) is -0.700. The largest absolute Gasteiger partial charge is 0.421 e. The number of rotatable bonds is 2. The molecule has 0 aromatic carbocycles. The molecule has 0 bridgehead atoms. The molecule has 0 radical (unpaired) electrons. The van der Waals surface area contributed by atoms with Crippen molar-refractivity contribution < 1.29 is 26.3 Å². The van der Waals surface area contributed by atoms with Gasteiger partial charge >= 0.3 is 6.18 Å². The van der Waals surface area contributed by atoms with Gasteiger partial charge in [-0.05, 0) is 11.6 Å². The van der Waals surface area contributed by atoms with Gasteiger partial charge in [-0.15, -0.1) is 0 Å². The third-order valence-corrected chi connectivity index (χ3v) is 1.80. The van der Waals surface area contributed by atoms with Crippen LogP contribution in [-0.4, -0.2) is 4.98 Å². The van der Waals surface area contributed by atoms with Crippen molar-refractivity contribution in [2.24, 2.45) is 5.73 Å². The maximum Gasteiger partial charge on any atom is 0.421 e. The molecule has 1 heterocycles. The summed E-state index contributed by atoms with van der Waals surface area (Å²) in [4.78, 5) is 2.56. The zero-order chi connectivity index (χ0) is 12.5. The molecule has 0 atom stereocenters. The predicted octanol–water partition coefficient (Wildman–Crippen LogP) is 2.64. The van der Waals surface area contributed by atoms with Crippen LogP contribution in [-0.2, 0) is 12.7 Å². The maximum absolute atomic E-state index is 12.9. The van der Waals surface area contributed by atoms with E-state index in [1.807, 2.05) is 0 Å². The molecule has 0 aliphatic carbocycles. The Morgan fingerprint density at radius 1 is 1.31 bits per heavy atom. The van der Waals surface area contributed by atoms with Crippen molar-refractivity contribution in [2.45, 2.75) is 19.1 Å². The molecule has 16 heavy (non-hydrogen) atoms. The number of nitrogens with zero attached hydrogens (tertiary/aromatic N) is 1. The van der Waals surface area contributed by atoms with E-state index in [4.69, 9.17) is 5.73 Å². The van der Waals surface area contributed by atoms with Crippen LogP contribution < -0.4 is 5.73 Å². The number of nitrogens with two attached hydrogens (primary N) is 1. The van der Waals surface area contributed by atoms with E-state index < -0.39 is 41.9 Å². The first-order valence-corrected chi connectivity index (χ1v) is 4.02. The Labute approximate surface area is 86.1 Å². The summed E-state index contributed by atoms with van der Waals surface area (Å²) >= 11 is 0. The van der Waals surface area contributed by atoms with Gasteiger partial charge in [0.05, 0.1) is 0 Å². The highest BCUT2D eigenvalue weighted by Gasteiger charge is 2.38. The molecule has 0 spiro atoms. The molecule has 2 nitrogen and oxygen atoms in total. The highest BCUT2D eigenvalue weighted by atomic mass is 19.4. The molecule has 0 aliphatic rings. The molecule has 0 aliphatic heterocycles. The van der Waals surface area contributed by atoms with E-state index in [0.717, 1.165) is 0 Å². The van der Waals surface area contributed by atoms with Crippen LogP contribution >= 0.6 is 0 Å². The number of hydrogen-bond donors (Lipinski definition) is 1. The van der Waals surface area contributed by atoms with Gasteiger partial charge in [-0.3, -0.25) is 0 Å². The second-order valence-corrected chi connectivity index (χ2v) is 2.87. The summed E-state index contributed by atoms with van der Waals surface area (Å²) in [5.41, 5.74) is 1.45. The Kier molecular flexibility index (Phi) is 3.41. The second kappa shape index (κ2) is 4.28. The van der Waals surface area contributed by atoms with Crippen LogP contribution in [0.5, 0.6) is 0 Å². The molecular weight excluding hydrogens is 238 g/mol. The Hall–Kier alpha value is -1.31. The zero-order valence-electron chi connectivity index (χ0n) is 7.65. The minimum Gasteiger partial charge on any atom is -0.326 e. The van der Waals surface area contributed by atoms with Gasteiger partial charge in [0.15, 0.2) is 0 Å². The first-order chi connectivity index (χ1) is 7.27. The molecule has 90 valence electrons. The monoisotopic (exact) mass is 244 g/mol. The highest BCUT2D eigenvalue weighted by molar-refractivity contribution is 5.30. The lowest BCUT2D eigenvalue weighted by Crippen LogP contribution is -2.17. The average molecular weight is 244 g/mol. The first-order valence-electron chi connectivity index (χ1n) is 4.02. The standard InChI is InChI=1S/C8H6F6N2/c9-6(10)4-1-3(2-15)5(7(11)16-4)8(12,13)14/h1,6H,2,15H2. The van der Waals surface area contributed by atoms with Crippen LogP contribution in [0.15, 0.2) is 6.07 Å². The van der Waals surface area contributed by atoms with E-state index >= 15 is 0 Å². The van der Waals surface area contributed by atoms with Crippen molar-refractivity contribution >= 4 is 0 Å². The van der Waals surface area contributed by atoms with Crippen LogP contribution in [0.25, 0.3) is 0 Å². The van der Waals surface area contributed by atoms with Crippen molar-refractivity contribution in [1.29, 1.82) is 0 Å². The summed E-state index contributed by atoms with van der Waals surface area (Å²) in [7, 11) is 0. The smallest absolute Gasteiger partial charge is 0.326 e. The number of alkyl halides is 5. The van der Waals surface area contributed by atoms with Gasteiger partial charge in [0.1, 0.15) is 11.3 Å². The molecule has 1 aromatic heterocycles. The van der Waals surface area contributed by atoms with Crippen molar-refractivity contribution in [1.82, 2.24) is 4.98 Å². The van der Waals surface area contributed by atoms with Crippen LogP contribution in [0.2, 0.25) is 0 Å². The summed E-state index contributed by atoms with van der Waals surface area (Å²) in [5.74, 6) is -1.98. The SMILES string of the molecule is NCc1cc(C(F)F)nc(F)c1C(F)(F)F. The van der Waals surface area contributed by atoms with Crippen LogP contribution in [0.1, 0.15) is 23.2 Å². The molecule has 8 heteroatoms. The number of pyridine rings is 1. The van der Waals surface area contributed by atoms with Crippen molar-refractivity contribution in [3.05, 3.63) is 28.8 Å². The third-order valence-electron chi connectivity index (χ3n) is 1.80. The van der Waals surface area contributed by atoms with Crippen molar-refractivity contribution in [3.8, 4) is 0 Å². The van der Waals surface area contributed by atoms with Crippen LogP contribution in [0.4, 0.5) is 26.3 Å². The van der Waals surface area contributed by atoms with E-state index in [1.54, 1.807) is 0 Å². The fourth-order valence-electron chi connectivity index (χ4n) is 1.16. The average Bonchev–Trinajstić information content (AvgIpc) is 2.14. The van der Waals surface area contributed by atoms with Gasteiger partial charge in [0, 0.05) is 6.54 Å². The van der Waals surface area contributed by atoms with E-state index in [0.29, 0.717) is 6.07 Å². The van der Waals surface area contributed by atoms with Gasteiger partial charge in [-0.25, -0.2) is 13.8 Å². The summed E-state index contributed by atoms with van der Waals surface area (Å²) in [6.07, 6.45) is -8.16. The van der Waals surface area contributed by atoms with E-state index in [9.17, 15) is 26.3 Å². The van der Waals surface area contributed by atoms with Gasteiger partial charge in [0.25, 0.3) is 6.43 Å². The Morgan fingerprint density at radius 3 is 2.25 bits per heavy atom. The lowest BCUT2D eigenvalue weighted by atomic mass is 10.1. The van der Waals surface area contributed by atoms with Crippen molar-refractivity contribution in [3.63, 3.8) is 0 Å². The van der Waals surface area contributed by atoms with Crippen LogP contribution in [0, 0.1) is 5.95 Å². The highest BCUT2D eigenvalue weighted by Crippen LogP contribution is 2.34. The van der Waals surface area contributed by atoms with Gasteiger partial charge in [0.2, 0.25) is 5.95 Å². The van der Waals surface area contributed by atoms with Crippen molar-refractivity contribution in [2.75, 3.05) is 0 Å². The van der Waals surface area contributed by atoms with E-state index in [2.05, 4.69) is 4.98 Å². The fraction of sp³-hybridized carbons (Fsp3) is 0.375. The fourth-order valence-corrected chi connectivity index (χ4v) is 1.16. The lowest BCUT2D eigenvalue weighted by molar-refractivity contribution is -0.141. The minimum absolute atomic E-state index is 0.455. The van der Waals surface area contributed by atoms with Gasteiger partial charge in [-0.2, -0.15) is 17.6 Å². The van der Waals surface area contributed by atoms with E-state index in [-0.39, 0.29) is 0 Å². The molecule has 0 unspecified atom stereocenters. The number of hydrogen-bond acceptors (Lipinski definition) is 2. The molecule has 0 saturated heterocycles. The topological polar surface area (TPSA) is 38.9 Å². The number of aromatic nitrogens is 1. The minimum atomic E-state index is -5.01. The molecule has 2 N–H and O–H groups in total. The maximum atomic E-state index is 12.9. The van der Waals surface area contributed by atoms with Gasteiger partial charge < -0.3 is 5.73 Å². The number of halogens is 6.